The summed E-state index contributed by atoms with van der Waals surface area (Å²) in [5.74, 6) is 0. The minimum atomic E-state index is 0.438. The average Bonchev–Trinajstić information content (AvgIpc) is 2.95. The quantitative estimate of drug-likeness (QED) is 0.459. The van der Waals surface area contributed by atoms with Crippen molar-refractivity contribution >= 4 is 40.3 Å². The lowest BCUT2D eigenvalue weighted by atomic mass is 10.1. The Morgan fingerprint density at radius 1 is 1.13 bits per heavy atom. The van der Waals surface area contributed by atoms with E-state index in [1.165, 1.54) is 11.8 Å². The van der Waals surface area contributed by atoms with Crippen molar-refractivity contribution in [2.45, 2.75) is 18.7 Å². The van der Waals surface area contributed by atoms with Crippen LogP contribution in [0.5, 0.6) is 0 Å². The Hall–Kier alpha value is -2.29. The molecule has 0 fully saturated rings. The standard InChI is InChI=1S/C18H15N3S2/c1-11-6-5-7-12(2)16(11)21-17(22)13(10-19)18-20-14-8-3-4-9-15(14)23-18/h3-9,20H,1-2H3,(H,21,22)/b18-13+. The van der Waals surface area contributed by atoms with Crippen LogP contribution in [0.15, 0.2) is 58.0 Å². The van der Waals surface area contributed by atoms with Crippen LogP contribution in [0.25, 0.3) is 0 Å². The van der Waals surface area contributed by atoms with Gasteiger partial charge in [0.2, 0.25) is 0 Å². The summed E-state index contributed by atoms with van der Waals surface area (Å²) < 4.78 is 0. The zero-order valence-corrected chi connectivity index (χ0v) is 14.4. The largest absolute Gasteiger partial charge is 0.348 e. The van der Waals surface area contributed by atoms with E-state index in [4.69, 9.17) is 12.2 Å². The topological polar surface area (TPSA) is 47.9 Å². The number of aryl methyl sites for hydroxylation is 2. The van der Waals surface area contributed by atoms with E-state index in [1.54, 1.807) is 0 Å². The Labute approximate surface area is 145 Å². The van der Waals surface area contributed by atoms with Crippen molar-refractivity contribution in [3.05, 3.63) is 64.2 Å². The second-order valence-corrected chi connectivity index (χ2v) is 6.72. The molecule has 1 aliphatic heterocycles. The number of nitriles is 1. The van der Waals surface area contributed by atoms with E-state index < -0.39 is 0 Å². The maximum atomic E-state index is 9.56. The zero-order chi connectivity index (χ0) is 16.4. The average molecular weight is 337 g/mol. The Kier molecular flexibility index (Phi) is 4.37. The Bertz CT molecular complexity index is 816. The van der Waals surface area contributed by atoms with Crippen LogP contribution in [0, 0.1) is 25.2 Å². The monoisotopic (exact) mass is 337 g/mol. The maximum Gasteiger partial charge on any atom is 0.124 e. The molecule has 23 heavy (non-hydrogen) atoms. The molecule has 0 atom stereocenters. The van der Waals surface area contributed by atoms with Crippen LogP contribution in [0.3, 0.4) is 0 Å². The van der Waals surface area contributed by atoms with Crippen molar-refractivity contribution in [1.29, 1.82) is 5.26 Å². The number of hydrogen-bond acceptors (Lipinski definition) is 4. The molecular weight excluding hydrogens is 322 g/mol. The van der Waals surface area contributed by atoms with E-state index in [0.717, 1.165) is 32.4 Å². The van der Waals surface area contributed by atoms with E-state index in [-0.39, 0.29) is 0 Å². The van der Waals surface area contributed by atoms with Crippen LogP contribution in [-0.2, 0) is 0 Å². The van der Waals surface area contributed by atoms with E-state index in [2.05, 4.69) is 16.7 Å². The Balaban J connectivity index is 1.90. The molecule has 3 rings (SSSR count). The van der Waals surface area contributed by atoms with Gasteiger partial charge in [0.05, 0.1) is 10.7 Å². The summed E-state index contributed by atoms with van der Waals surface area (Å²) in [5.41, 5.74) is 4.64. The van der Waals surface area contributed by atoms with Crippen molar-refractivity contribution in [3.63, 3.8) is 0 Å². The van der Waals surface area contributed by atoms with Gasteiger partial charge in [-0.25, -0.2) is 0 Å². The number of nitrogens with zero attached hydrogens (tertiary/aromatic N) is 1. The summed E-state index contributed by atoms with van der Waals surface area (Å²) in [7, 11) is 0. The van der Waals surface area contributed by atoms with Crippen LogP contribution < -0.4 is 10.6 Å². The molecule has 0 radical (unpaired) electrons. The van der Waals surface area contributed by atoms with Crippen molar-refractivity contribution in [3.8, 4) is 6.07 Å². The summed E-state index contributed by atoms with van der Waals surface area (Å²) in [6.45, 7) is 4.05. The smallest absolute Gasteiger partial charge is 0.124 e. The molecule has 0 aromatic heterocycles. The highest BCUT2D eigenvalue weighted by Gasteiger charge is 2.21. The summed E-state index contributed by atoms with van der Waals surface area (Å²) in [5, 5.41) is 16.8. The lowest BCUT2D eigenvalue weighted by Crippen LogP contribution is -2.15. The first-order valence-corrected chi connectivity index (χ1v) is 8.38. The van der Waals surface area contributed by atoms with Gasteiger partial charge in [0, 0.05) is 10.6 Å². The molecule has 0 unspecified atom stereocenters. The first kappa shape index (κ1) is 15.6. The molecule has 2 N–H and O–H groups in total. The Morgan fingerprint density at radius 2 is 1.83 bits per heavy atom. The van der Waals surface area contributed by atoms with Gasteiger partial charge in [0.15, 0.2) is 0 Å². The summed E-state index contributed by atoms with van der Waals surface area (Å²) in [4.78, 5) is 1.54. The fraction of sp³-hybridized carbons (Fsp3) is 0.111. The van der Waals surface area contributed by atoms with Crippen molar-refractivity contribution < 1.29 is 0 Å². The fourth-order valence-electron chi connectivity index (χ4n) is 2.42. The molecule has 5 heteroatoms. The van der Waals surface area contributed by atoms with Gasteiger partial charge in [-0.2, -0.15) is 5.26 Å². The Morgan fingerprint density at radius 3 is 2.48 bits per heavy atom. The van der Waals surface area contributed by atoms with Crippen molar-refractivity contribution in [1.82, 2.24) is 0 Å². The van der Waals surface area contributed by atoms with E-state index in [0.29, 0.717) is 10.6 Å². The van der Waals surface area contributed by atoms with Gasteiger partial charge < -0.3 is 10.6 Å². The van der Waals surface area contributed by atoms with Crippen LogP contribution in [-0.4, -0.2) is 4.99 Å². The highest BCUT2D eigenvalue weighted by Crippen LogP contribution is 2.42. The normalized spacial score (nSPS) is 14.5. The molecule has 0 aliphatic carbocycles. The number of anilines is 2. The fourth-order valence-corrected chi connectivity index (χ4v) is 3.74. The number of para-hydroxylation sites is 2. The number of thioether (sulfide) groups is 1. The molecule has 1 aliphatic rings. The van der Waals surface area contributed by atoms with Gasteiger partial charge in [0.25, 0.3) is 0 Å². The predicted octanol–water partition coefficient (Wildman–Crippen LogP) is 5.00. The molecule has 114 valence electrons. The van der Waals surface area contributed by atoms with Crippen molar-refractivity contribution in [2.24, 2.45) is 0 Å². The van der Waals surface area contributed by atoms with Gasteiger partial charge >= 0.3 is 0 Å². The summed E-state index contributed by atoms with van der Waals surface area (Å²) >= 11 is 7.01. The summed E-state index contributed by atoms with van der Waals surface area (Å²) in [6, 6.07) is 16.3. The molecule has 2 aromatic rings. The lowest BCUT2D eigenvalue weighted by molar-refractivity contribution is 1.37. The van der Waals surface area contributed by atoms with Gasteiger partial charge in [-0.05, 0) is 37.1 Å². The van der Waals surface area contributed by atoms with Crippen LogP contribution in [0.4, 0.5) is 11.4 Å². The molecule has 3 nitrogen and oxygen atoms in total. The first-order valence-electron chi connectivity index (χ1n) is 7.16. The molecule has 1 heterocycles. The molecule has 0 amide bonds. The highest BCUT2D eigenvalue weighted by molar-refractivity contribution is 8.03. The van der Waals surface area contributed by atoms with Gasteiger partial charge in [-0.1, -0.05) is 54.3 Å². The SMILES string of the molecule is Cc1cccc(C)c1NC(=S)/C(C#N)=C1\Nc2ccccc2S1. The van der Waals surface area contributed by atoms with E-state index >= 15 is 0 Å². The van der Waals surface area contributed by atoms with Crippen LogP contribution >= 0.6 is 24.0 Å². The molecular formula is C18H15N3S2. The van der Waals surface area contributed by atoms with Crippen LogP contribution in [0.2, 0.25) is 0 Å². The number of nitrogens with one attached hydrogen (secondary N) is 2. The molecule has 0 spiro atoms. The van der Waals surface area contributed by atoms with Crippen LogP contribution in [0.1, 0.15) is 11.1 Å². The summed E-state index contributed by atoms with van der Waals surface area (Å²) in [6.07, 6.45) is 0. The van der Waals surface area contributed by atoms with Gasteiger partial charge in [0.1, 0.15) is 16.6 Å². The second kappa shape index (κ2) is 6.45. The second-order valence-electron chi connectivity index (χ2n) is 5.26. The zero-order valence-electron chi connectivity index (χ0n) is 12.8. The van der Waals surface area contributed by atoms with E-state index in [9.17, 15) is 5.26 Å². The molecule has 0 saturated carbocycles. The minimum Gasteiger partial charge on any atom is -0.348 e. The predicted molar refractivity (Wildman–Crippen MR) is 101 cm³/mol. The minimum absolute atomic E-state index is 0.438. The van der Waals surface area contributed by atoms with Gasteiger partial charge in [-0.3, -0.25) is 0 Å². The first-order chi connectivity index (χ1) is 11.1. The van der Waals surface area contributed by atoms with Crippen molar-refractivity contribution in [2.75, 3.05) is 10.6 Å². The third-order valence-electron chi connectivity index (χ3n) is 3.63. The number of rotatable bonds is 2. The third kappa shape index (κ3) is 3.09. The lowest BCUT2D eigenvalue weighted by Gasteiger charge is -2.13. The number of fused-ring (bicyclic) bond motifs is 1. The number of benzene rings is 2. The molecule has 2 aromatic carbocycles. The number of hydrogen-bond donors (Lipinski definition) is 2. The maximum absolute atomic E-state index is 9.56. The van der Waals surface area contributed by atoms with Gasteiger partial charge in [-0.15, -0.1) is 0 Å². The van der Waals surface area contributed by atoms with E-state index in [1.807, 2.05) is 56.3 Å². The molecule has 0 bridgehead atoms. The number of thiocarbonyl (C=S) groups is 1. The third-order valence-corrected chi connectivity index (χ3v) is 5.03. The highest BCUT2D eigenvalue weighted by atomic mass is 32.2. The molecule has 0 saturated heterocycles.